The topological polar surface area (TPSA) is 40.6 Å². The summed E-state index contributed by atoms with van der Waals surface area (Å²) in [6.45, 7) is 4.75. The van der Waals surface area contributed by atoms with Crippen LogP contribution in [0.15, 0.2) is 48.5 Å². The van der Waals surface area contributed by atoms with Gasteiger partial charge >= 0.3 is 0 Å². The van der Waals surface area contributed by atoms with Crippen LogP contribution < -0.4 is 4.90 Å². The van der Waals surface area contributed by atoms with Crippen LogP contribution in [0.3, 0.4) is 0 Å². The third kappa shape index (κ3) is 3.91. The SMILES string of the molecule is Cc1ccc(N2CCN(C(=O)CCc3ccccc3)[C@H](C)C2=O)cc1Cl. The molecule has 0 spiro atoms. The van der Waals surface area contributed by atoms with Gasteiger partial charge in [-0.15, -0.1) is 0 Å². The van der Waals surface area contributed by atoms with Gasteiger partial charge in [-0.05, 0) is 43.5 Å². The molecular weight excluding hydrogens is 348 g/mol. The van der Waals surface area contributed by atoms with Crippen molar-refractivity contribution < 1.29 is 9.59 Å². The second kappa shape index (κ2) is 7.92. The van der Waals surface area contributed by atoms with Crippen molar-refractivity contribution >= 4 is 29.1 Å². The molecule has 5 heteroatoms. The van der Waals surface area contributed by atoms with Crippen molar-refractivity contribution in [3.63, 3.8) is 0 Å². The summed E-state index contributed by atoms with van der Waals surface area (Å²) in [7, 11) is 0. The van der Waals surface area contributed by atoms with Crippen LogP contribution in [0.5, 0.6) is 0 Å². The van der Waals surface area contributed by atoms with Gasteiger partial charge in [-0.2, -0.15) is 0 Å². The number of carbonyl (C=O) groups is 2. The van der Waals surface area contributed by atoms with Crippen LogP contribution >= 0.6 is 11.6 Å². The molecule has 0 aromatic heterocycles. The predicted octanol–water partition coefficient (Wildman–Crippen LogP) is 3.84. The molecule has 136 valence electrons. The van der Waals surface area contributed by atoms with Gasteiger partial charge in [-0.25, -0.2) is 0 Å². The van der Waals surface area contributed by atoms with E-state index in [1.54, 1.807) is 16.7 Å². The lowest BCUT2D eigenvalue weighted by atomic mass is 10.1. The van der Waals surface area contributed by atoms with Gasteiger partial charge in [0.25, 0.3) is 0 Å². The lowest BCUT2D eigenvalue weighted by Crippen LogP contribution is -2.57. The Morgan fingerprint density at radius 2 is 1.88 bits per heavy atom. The van der Waals surface area contributed by atoms with Crippen LogP contribution in [0.2, 0.25) is 5.02 Å². The van der Waals surface area contributed by atoms with E-state index in [1.165, 1.54) is 0 Å². The molecule has 1 atom stereocenters. The third-order valence-corrected chi connectivity index (χ3v) is 5.32. The molecule has 2 amide bonds. The van der Waals surface area contributed by atoms with Gasteiger partial charge < -0.3 is 9.80 Å². The maximum absolute atomic E-state index is 12.8. The zero-order chi connectivity index (χ0) is 18.7. The van der Waals surface area contributed by atoms with Gasteiger partial charge in [0.1, 0.15) is 6.04 Å². The number of piperazine rings is 1. The molecule has 1 fully saturated rings. The molecule has 0 saturated carbocycles. The maximum Gasteiger partial charge on any atom is 0.249 e. The summed E-state index contributed by atoms with van der Waals surface area (Å²) in [6, 6.07) is 15.1. The summed E-state index contributed by atoms with van der Waals surface area (Å²) >= 11 is 6.19. The lowest BCUT2D eigenvalue weighted by molar-refractivity contribution is -0.140. The highest BCUT2D eigenvalue weighted by molar-refractivity contribution is 6.31. The number of benzene rings is 2. The molecule has 26 heavy (non-hydrogen) atoms. The van der Waals surface area contributed by atoms with Gasteiger partial charge in [0.15, 0.2) is 0 Å². The summed E-state index contributed by atoms with van der Waals surface area (Å²) in [5.41, 5.74) is 2.90. The molecule has 1 aliphatic rings. The average Bonchev–Trinajstić information content (AvgIpc) is 2.65. The van der Waals surface area contributed by atoms with Gasteiger partial charge in [0.05, 0.1) is 0 Å². The molecular formula is C21H23ClN2O2. The Hall–Kier alpha value is -2.33. The molecule has 1 saturated heterocycles. The number of amides is 2. The molecule has 2 aromatic rings. The van der Waals surface area contributed by atoms with E-state index in [1.807, 2.05) is 55.5 Å². The van der Waals surface area contributed by atoms with Crippen LogP contribution in [0, 0.1) is 6.92 Å². The van der Waals surface area contributed by atoms with E-state index >= 15 is 0 Å². The Kier molecular flexibility index (Phi) is 5.62. The Morgan fingerprint density at radius 1 is 1.15 bits per heavy atom. The average molecular weight is 371 g/mol. The fraction of sp³-hybridized carbons (Fsp3) is 0.333. The summed E-state index contributed by atoms with van der Waals surface area (Å²) in [4.78, 5) is 28.8. The zero-order valence-electron chi connectivity index (χ0n) is 15.1. The van der Waals surface area contributed by atoms with Crippen molar-refractivity contribution in [2.45, 2.75) is 32.7 Å². The van der Waals surface area contributed by atoms with E-state index < -0.39 is 6.04 Å². The standard InChI is InChI=1S/C21H23ClN2O2/c1-15-8-10-18(14-19(15)22)24-13-12-23(16(2)21(24)26)20(25)11-9-17-6-4-3-5-7-17/h3-8,10,14,16H,9,11-13H2,1-2H3/t16-/m1/s1. The van der Waals surface area contributed by atoms with Crippen molar-refractivity contribution in [1.82, 2.24) is 4.90 Å². The van der Waals surface area contributed by atoms with E-state index in [0.29, 0.717) is 31.0 Å². The number of anilines is 1. The van der Waals surface area contributed by atoms with Crippen LogP contribution in [-0.2, 0) is 16.0 Å². The zero-order valence-corrected chi connectivity index (χ0v) is 15.9. The van der Waals surface area contributed by atoms with Gasteiger partial charge in [-0.1, -0.05) is 48.0 Å². The molecule has 0 N–H and O–H groups in total. The van der Waals surface area contributed by atoms with Crippen LogP contribution in [0.4, 0.5) is 5.69 Å². The number of aryl methyl sites for hydroxylation is 2. The largest absolute Gasteiger partial charge is 0.329 e. The highest BCUT2D eigenvalue weighted by Crippen LogP contribution is 2.26. The number of nitrogens with zero attached hydrogens (tertiary/aromatic N) is 2. The fourth-order valence-electron chi connectivity index (χ4n) is 3.26. The smallest absolute Gasteiger partial charge is 0.249 e. The van der Waals surface area contributed by atoms with E-state index in [2.05, 4.69) is 0 Å². The van der Waals surface area contributed by atoms with Crippen LogP contribution in [0.1, 0.15) is 24.5 Å². The van der Waals surface area contributed by atoms with Gasteiger partial charge in [0, 0.05) is 30.2 Å². The van der Waals surface area contributed by atoms with E-state index in [0.717, 1.165) is 16.8 Å². The molecule has 1 aliphatic heterocycles. The van der Waals surface area contributed by atoms with Crippen LogP contribution in [-0.4, -0.2) is 35.8 Å². The van der Waals surface area contributed by atoms with Crippen molar-refractivity contribution in [1.29, 1.82) is 0 Å². The highest BCUT2D eigenvalue weighted by Gasteiger charge is 2.34. The van der Waals surface area contributed by atoms with Crippen molar-refractivity contribution in [3.05, 3.63) is 64.7 Å². The van der Waals surface area contributed by atoms with Crippen molar-refractivity contribution in [2.24, 2.45) is 0 Å². The molecule has 0 unspecified atom stereocenters. The molecule has 0 aliphatic carbocycles. The summed E-state index contributed by atoms with van der Waals surface area (Å²) < 4.78 is 0. The summed E-state index contributed by atoms with van der Waals surface area (Å²) in [5, 5.41) is 0.643. The first-order valence-electron chi connectivity index (χ1n) is 8.88. The Morgan fingerprint density at radius 3 is 2.58 bits per heavy atom. The second-order valence-electron chi connectivity index (χ2n) is 6.67. The Balaban J connectivity index is 1.65. The normalized spacial score (nSPS) is 17.5. The molecule has 0 bridgehead atoms. The number of rotatable bonds is 4. The van der Waals surface area contributed by atoms with Crippen molar-refractivity contribution in [2.75, 3.05) is 18.0 Å². The fourth-order valence-corrected chi connectivity index (χ4v) is 3.43. The maximum atomic E-state index is 12.8. The monoisotopic (exact) mass is 370 g/mol. The number of carbonyl (C=O) groups excluding carboxylic acids is 2. The van der Waals surface area contributed by atoms with Gasteiger partial charge in [-0.3, -0.25) is 9.59 Å². The summed E-state index contributed by atoms with van der Waals surface area (Å²) in [6.07, 6.45) is 1.10. The first-order chi connectivity index (χ1) is 12.5. The van der Waals surface area contributed by atoms with Crippen molar-refractivity contribution in [3.8, 4) is 0 Å². The van der Waals surface area contributed by atoms with Crippen LogP contribution in [0.25, 0.3) is 0 Å². The van der Waals surface area contributed by atoms with E-state index in [-0.39, 0.29) is 11.8 Å². The van der Waals surface area contributed by atoms with E-state index in [4.69, 9.17) is 11.6 Å². The summed E-state index contributed by atoms with van der Waals surface area (Å²) in [5.74, 6) is -0.0412. The number of hydrogen-bond acceptors (Lipinski definition) is 2. The quantitative estimate of drug-likeness (QED) is 0.820. The molecule has 1 heterocycles. The molecule has 4 nitrogen and oxygen atoms in total. The molecule has 0 radical (unpaired) electrons. The minimum absolute atomic E-state index is 0.0243. The first kappa shape index (κ1) is 18.5. The first-order valence-corrected chi connectivity index (χ1v) is 9.26. The predicted molar refractivity (Wildman–Crippen MR) is 104 cm³/mol. The lowest BCUT2D eigenvalue weighted by Gasteiger charge is -2.39. The highest BCUT2D eigenvalue weighted by atomic mass is 35.5. The van der Waals surface area contributed by atoms with Gasteiger partial charge in [0.2, 0.25) is 11.8 Å². The number of halogens is 1. The van der Waals surface area contributed by atoms with E-state index in [9.17, 15) is 9.59 Å². The molecule has 2 aromatic carbocycles. The molecule has 3 rings (SSSR count). The minimum atomic E-state index is -0.466. The Bertz CT molecular complexity index is 807. The third-order valence-electron chi connectivity index (χ3n) is 4.91. The Labute approximate surface area is 159 Å². The number of hydrogen-bond donors (Lipinski definition) is 0. The second-order valence-corrected chi connectivity index (χ2v) is 7.08. The minimum Gasteiger partial charge on any atom is -0.329 e.